The van der Waals surface area contributed by atoms with Gasteiger partial charge in [0.2, 0.25) is 5.91 Å². The first kappa shape index (κ1) is 20.4. The standard InChI is InChI=1S/C24H24N4O3/c1-3-17-9-4-5-10-18(17)26-22(29)15-28-20-12-7-6-11-19(20)27-23(28)16(2)25-24(30)21-13-8-14-31-21/h4-14,16H,3,15H2,1-2H3,(H,25,30)(H,26,29). The Bertz CT molecular complexity index is 1210. The topological polar surface area (TPSA) is 89.2 Å². The monoisotopic (exact) mass is 416 g/mol. The van der Waals surface area contributed by atoms with Crippen molar-refractivity contribution in [3.8, 4) is 0 Å². The maximum absolute atomic E-state index is 12.9. The number of benzene rings is 2. The number of furan rings is 1. The maximum atomic E-state index is 12.9. The number of rotatable bonds is 7. The average Bonchev–Trinajstić information content (AvgIpc) is 3.43. The van der Waals surface area contributed by atoms with Gasteiger partial charge in [-0.25, -0.2) is 4.98 Å². The van der Waals surface area contributed by atoms with Crippen LogP contribution in [0.2, 0.25) is 0 Å². The lowest BCUT2D eigenvalue weighted by Gasteiger charge is -2.16. The van der Waals surface area contributed by atoms with Crippen LogP contribution in [0.5, 0.6) is 0 Å². The van der Waals surface area contributed by atoms with Gasteiger partial charge in [-0.1, -0.05) is 37.3 Å². The van der Waals surface area contributed by atoms with Crippen molar-refractivity contribution in [2.24, 2.45) is 0 Å². The van der Waals surface area contributed by atoms with Gasteiger partial charge in [0, 0.05) is 5.69 Å². The minimum absolute atomic E-state index is 0.0782. The molecule has 31 heavy (non-hydrogen) atoms. The number of fused-ring (bicyclic) bond motifs is 1. The largest absolute Gasteiger partial charge is 0.459 e. The van der Waals surface area contributed by atoms with E-state index >= 15 is 0 Å². The Morgan fingerprint density at radius 1 is 1.06 bits per heavy atom. The fourth-order valence-corrected chi connectivity index (χ4v) is 3.61. The molecule has 0 saturated carbocycles. The van der Waals surface area contributed by atoms with E-state index in [9.17, 15) is 9.59 Å². The number of aromatic nitrogens is 2. The first-order valence-electron chi connectivity index (χ1n) is 10.2. The van der Waals surface area contributed by atoms with Crippen molar-refractivity contribution in [3.63, 3.8) is 0 Å². The van der Waals surface area contributed by atoms with E-state index in [0.717, 1.165) is 28.7 Å². The first-order valence-corrected chi connectivity index (χ1v) is 10.2. The molecule has 0 saturated heterocycles. The highest BCUT2D eigenvalue weighted by Gasteiger charge is 2.21. The summed E-state index contributed by atoms with van der Waals surface area (Å²) in [7, 11) is 0. The van der Waals surface area contributed by atoms with Crippen molar-refractivity contribution in [3.05, 3.63) is 84.1 Å². The Kier molecular flexibility index (Phi) is 5.84. The van der Waals surface area contributed by atoms with E-state index < -0.39 is 6.04 Å². The predicted molar refractivity (Wildman–Crippen MR) is 119 cm³/mol. The molecule has 2 amide bonds. The smallest absolute Gasteiger partial charge is 0.287 e. The number of nitrogens with one attached hydrogen (secondary N) is 2. The number of nitrogens with zero attached hydrogens (tertiary/aromatic N) is 2. The second kappa shape index (κ2) is 8.87. The van der Waals surface area contributed by atoms with E-state index in [0.29, 0.717) is 5.82 Å². The molecule has 2 aromatic heterocycles. The molecule has 0 spiro atoms. The molecule has 1 atom stereocenters. The lowest BCUT2D eigenvalue weighted by atomic mass is 10.1. The summed E-state index contributed by atoms with van der Waals surface area (Å²) in [6.45, 7) is 3.97. The molecule has 2 aromatic carbocycles. The van der Waals surface area contributed by atoms with Crippen LogP contribution in [0.3, 0.4) is 0 Å². The zero-order valence-corrected chi connectivity index (χ0v) is 17.5. The molecule has 158 valence electrons. The van der Waals surface area contributed by atoms with E-state index in [-0.39, 0.29) is 24.1 Å². The summed E-state index contributed by atoms with van der Waals surface area (Å²) in [4.78, 5) is 30.0. The third kappa shape index (κ3) is 4.35. The number of carbonyl (C=O) groups excluding carboxylic acids is 2. The zero-order valence-electron chi connectivity index (χ0n) is 17.5. The van der Waals surface area contributed by atoms with Crippen LogP contribution in [0.15, 0.2) is 71.3 Å². The van der Waals surface area contributed by atoms with Gasteiger partial charge in [-0.2, -0.15) is 0 Å². The summed E-state index contributed by atoms with van der Waals surface area (Å²) >= 11 is 0. The molecule has 0 aliphatic heterocycles. The number of hydrogen-bond acceptors (Lipinski definition) is 4. The molecule has 0 radical (unpaired) electrons. The van der Waals surface area contributed by atoms with E-state index in [4.69, 9.17) is 4.42 Å². The quantitative estimate of drug-likeness (QED) is 0.470. The molecule has 0 aliphatic carbocycles. The summed E-state index contributed by atoms with van der Waals surface area (Å²) in [6, 6.07) is 18.2. The molecule has 0 aliphatic rings. The van der Waals surface area contributed by atoms with Gasteiger partial charge in [-0.15, -0.1) is 0 Å². The lowest BCUT2D eigenvalue weighted by molar-refractivity contribution is -0.116. The highest BCUT2D eigenvalue weighted by molar-refractivity contribution is 5.93. The predicted octanol–water partition coefficient (Wildman–Crippen LogP) is 4.32. The number of hydrogen-bond donors (Lipinski definition) is 2. The van der Waals surface area contributed by atoms with Gasteiger partial charge in [0.25, 0.3) is 5.91 Å². The molecule has 7 heteroatoms. The van der Waals surface area contributed by atoms with Gasteiger partial charge in [0.05, 0.1) is 23.3 Å². The highest BCUT2D eigenvalue weighted by atomic mass is 16.3. The van der Waals surface area contributed by atoms with Crippen LogP contribution < -0.4 is 10.6 Å². The van der Waals surface area contributed by atoms with Crippen molar-refractivity contribution in [1.82, 2.24) is 14.9 Å². The first-order chi connectivity index (χ1) is 15.1. The fraction of sp³-hybridized carbons (Fsp3) is 0.208. The number of amides is 2. The molecule has 1 unspecified atom stereocenters. The highest BCUT2D eigenvalue weighted by Crippen LogP contribution is 2.22. The minimum atomic E-state index is -0.430. The van der Waals surface area contributed by atoms with Crippen LogP contribution >= 0.6 is 0 Å². The van der Waals surface area contributed by atoms with Gasteiger partial charge < -0.3 is 19.6 Å². The Balaban J connectivity index is 1.60. The normalized spacial score (nSPS) is 11.9. The summed E-state index contributed by atoms with van der Waals surface area (Å²) in [5.74, 6) is 0.329. The van der Waals surface area contributed by atoms with Gasteiger partial charge in [-0.05, 0) is 49.2 Å². The maximum Gasteiger partial charge on any atom is 0.287 e. The van der Waals surface area contributed by atoms with E-state index in [1.807, 2.05) is 60.0 Å². The Morgan fingerprint density at radius 2 is 1.84 bits per heavy atom. The number of aryl methyl sites for hydroxylation is 1. The van der Waals surface area contributed by atoms with Crippen LogP contribution in [-0.4, -0.2) is 21.4 Å². The second-order valence-electron chi connectivity index (χ2n) is 7.28. The lowest BCUT2D eigenvalue weighted by Crippen LogP contribution is -2.29. The Labute approximate surface area is 180 Å². The third-order valence-corrected chi connectivity index (χ3v) is 5.14. The average molecular weight is 416 g/mol. The zero-order chi connectivity index (χ0) is 21.8. The molecule has 4 aromatic rings. The molecule has 0 fully saturated rings. The minimum Gasteiger partial charge on any atom is -0.459 e. The van der Waals surface area contributed by atoms with Crippen LogP contribution in [0.25, 0.3) is 11.0 Å². The van der Waals surface area contributed by atoms with E-state index in [2.05, 4.69) is 22.5 Å². The van der Waals surface area contributed by atoms with Crippen molar-refractivity contribution < 1.29 is 14.0 Å². The van der Waals surface area contributed by atoms with Gasteiger partial charge in [0.1, 0.15) is 12.4 Å². The molecular weight excluding hydrogens is 392 g/mol. The summed E-state index contributed by atoms with van der Waals surface area (Å²) in [6.07, 6.45) is 2.28. The molecule has 7 nitrogen and oxygen atoms in total. The van der Waals surface area contributed by atoms with E-state index in [1.54, 1.807) is 12.1 Å². The number of para-hydroxylation sites is 3. The molecule has 4 rings (SSSR count). The molecule has 0 bridgehead atoms. The van der Waals surface area contributed by atoms with Crippen LogP contribution in [0, 0.1) is 0 Å². The van der Waals surface area contributed by atoms with Crippen molar-refractivity contribution >= 4 is 28.5 Å². The summed E-state index contributed by atoms with van der Waals surface area (Å²) in [5.41, 5.74) is 3.47. The molecule has 2 N–H and O–H groups in total. The van der Waals surface area contributed by atoms with Crippen LogP contribution in [0.4, 0.5) is 5.69 Å². The molecule has 2 heterocycles. The SMILES string of the molecule is CCc1ccccc1NC(=O)Cn1c(C(C)NC(=O)c2ccco2)nc2ccccc21. The second-order valence-corrected chi connectivity index (χ2v) is 7.28. The Morgan fingerprint density at radius 3 is 2.61 bits per heavy atom. The Hall–Kier alpha value is -3.87. The van der Waals surface area contributed by atoms with Crippen molar-refractivity contribution in [1.29, 1.82) is 0 Å². The number of imidazole rings is 1. The van der Waals surface area contributed by atoms with Gasteiger partial charge in [0.15, 0.2) is 5.76 Å². The van der Waals surface area contributed by atoms with Crippen molar-refractivity contribution in [2.75, 3.05) is 5.32 Å². The van der Waals surface area contributed by atoms with Gasteiger partial charge in [-0.3, -0.25) is 9.59 Å². The number of anilines is 1. The third-order valence-electron chi connectivity index (χ3n) is 5.14. The summed E-state index contributed by atoms with van der Waals surface area (Å²) in [5, 5.41) is 5.90. The molecular formula is C24H24N4O3. The van der Waals surface area contributed by atoms with Crippen LogP contribution in [-0.2, 0) is 17.8 Å². The van der Waals surface area contributed by atoms with Crippen LogP contribution in [0.1, 0.15) is 41.8 Å². The summed E-state index contributed by atoms with van der Waals surface area (Å²) < 4.78 is 7.01. The van der Waals surface area contributed by atoms with E-state index in [1.165, 1.54) is 6.26 Å². The fourth-order valence-electron chi connectivity index (χ4n) is 3.61. The number of carbonyl (C=O) groups is 2. The van der Waals surface area contributed by atoms with Crippen molar-refractivity contribution in [2.45, 2.75) is 32.9 Å². The van der Waals surface area contributed by atoms with Gasteiger partial charge >= 0.3 is 0 Å².